The van der Waals surface area contributed by atoms with Crippen molar-refractivity contribution in [3.05, 3.63) is 0 Å². The van der Waals surface area contributed by atoms with E-state index >= 15 is 0 Å². The predicted molar refractivity (Wildman–Crippen MR) is 27.4 cm³/mol. The van der Waals surface area contributed by atoms with Gasteiger partial charge >= 0.3 is 75.4 Å². The molecule has 0 aliphatic heterocycles. The Kier molecular flexibility index (Phi) is 379. The Morgan fingerprint density at radius 1 is 0.438 bits per heavy atom. The summed E-state index contributed by atoms with van der Waals surface area (Å²) in [5.41, 5.74) is 0. The zero-order valence-electron chi connectivity index (χ0n) is 9.45. The van der Waals surface area contributed by atoms with Crippen LogP contribution in [-0.2, 0) is 0 Å². The number of hydrogen-bond acceptors (Lipinski definition) is 4. The molecule has 4 nitrogen and oxygen atoms in total. The first-order chi connectivity index (χ1) is 5.66. The Morgan fingerprint density at radius 3 is 0.438 bits per heavy atom. The molecule has 4 radical (unpaired) electrons. The molecule has 0 saturated carbocycles. The van der Waals surface area contributed by atoms with Crippen molar-refractivity contribution in [2.45, 2.75) is 0 Å². The third-order valence-electron chi connectivity index (χ3n) is 0. The molecule has 0 saturated heterocycles. The summed E-state index contributed by atoms with van der Waals surface area (Å²) in [4.78, 5) is 0. The van der Waals surface area contributed by atoms with Gasteiger partial charge in [0.05, 0.1) is 0 Å². The average molecular weight is 211 g/mol. The molecule has 0 amide bonds. The van der Waals surface area contributed by atoms with Crippen molar-refractivity contribution in [1.29, 1.82) is 0 Å². The summed E-state index contributed by atoms with van der Waals surface area (Å²) in [7, 11) is -3.00. The van der Waals surface area contributed by atoms with Crippen LogP contribution < -0.4 is 95.5 Å². The molecule has 0 N–H and O–H groups in total. The van der Waals surface area contributed by atoms with E-state index in [2.05, 4.69) is 0 Å². The van der Waals surface area contributed by atoms with Gasteiger partial charge in [0.1, 0.15) is 0 Å². The Morgan fingerprint density at radius 2 is 0.438 bits per heavy atom. The van der Waals surface area contributed by atoms with Crippen LogP contribution in [0.25, 0.3) is 0 Å². The van der Waals surface area contributed by atoms with Crippen molar-refractivity contribution in [2.75, 3.05) is 0 Å². The number of hydrogen-bond donors (Lipinski definition) is 0. The quantitative estimate of drug-likeness (QED) is 0.293. The molecule has 0 unspecified atom stereocenters. The fraction of sp³-hybridized carbons (Fsp3) is 0. The van der Waals surface area contributed by atoms with Crippen LogP contribution in [0.15, 0.2) is 0 Å². The van der Waals surface area contributed by atoms with E-state index in [4.69, 9.17) is 20.1 Å². The molecule has 16 heteroatoms. The van der Waals surface area contributed by atoms with Gasteiger partial charge in [0.15, 0.2) is 0 Å². The summed E-state index contributed by atoms with van der Waals surface area (Å²) in [6, 6.07) is 0. The molecular formula is B4F4Li4O4. The van der Waals surface area contributed by atoms with Gasteiger partial charge in [-0.25, -0.2) is 0 Å². The van der Waals surface area contributed by atoms with Crippen molar-refractivity contribution < 1.29 is 113 Å². The minimum absolute atomic E-state index is 0. The summed E-state index contributed by atoms with van der Waals surface area (Å²) in [5.74, 6) is 0. The number of rotatable bonds is 0. The first-order valence-corrected chi connectivity index (χ1v) is 1.82. The van der Waals surface area contributed by atoms with Gasteiger partial charge in [0, 0.05) is 0 Å². The van der Waals surface area contributed by atoms with Crippen molar-refractivity contribution in [1.82, 2.24) is 0 Å². The molecular weight excluding hydrogens is 211 g/mol. The van der Waals surface area contributed by atoms with Gasteiger partial charge in [0.25, 0.3) is 0 Å². The maximum absolute atomic E-state index is 9.61. The van der Waals surface area contributed by atoms with E-state index in [1.165, 1.54) is 0 Å². The van der Waals surface area contributed by atoms with Crippen LogP contribution in [0.5, 0.6) is 0 Å². The molecule has 0 aromatic rings. The van der Waals surface area contributed by atoms with E-state index in [1.807, 2.05) is 0 Å². The molecule has 0 aromatic carbocycles. The van der Waals surface area contributed by atoms with Gasteiger partial charge in [-0.2, -0.15) is 0 Å². The van der Waals surface area contributed by atoms with Crippen LogP contribution in [0.4, 0.5) is 17.3 Å². The van der Waals surface area contributed by atoms with Crippen molar-refractivity contribution >= 4 is 31.0 Å². The van der Waals surface area contributed by atoms with Crippen LogP contribution in [0, 0.1) is 0 Å². The van der Waals surface area contributed by atoms with E-state index in [9.17, 15) is 17.3 Å². The minimum Gasteiger partial charge on any atom is -0.857 e. The van der Waals surface area contributed by atoms with E-state index in [1.54, 1.807) is 0 Å². The first kappa shape index (κ1) is 51.7. The van der Waals surface area contributed by atoms with Crippen LogP contribution in [0.1, 0.15) is 0 Å². The monoisotopic (exact) mass is 212 g/mol. The summed E-state index contributed by atoms with van der Waals surface area (Å²) >= 11 is 0. The average Bonchev–Trinajstić information content (AvgIpc) is 1.92. The maximum atomic E-state index is 9.61. The van der Waals surface area contributed by atoms with Crippen molar-refractivity contribution in [3.63, 3.8) is 0 Å². The van der Waals surface area contributed by atoms with E-state index in [-0.39, 0.29) is 75.4 Å². The minimum atomic E-state index is -0.750. The zero-order chi connectivity index (χ0) is 10.8. The second-order valence-electron chi connectivity index (χ2n) is 0.356. The van der Waals surface area contributed by atoms with Crippen molar-refractivity contribution in [2.24, 2.45) is 0 Å². The Bertz CT molecular complexity index is 40.0. The summed E-state index contributed by atoms with van der Waals surface area (Å²) in [6.45, 7) is 0. The van der Waals surface area contributed by atoms with Crippen LogP contribution in [0.2, 0.25) is 0 Å². The third-order valence-corrected chi connectivity index (χ3v) is 0. The molecule has 16 heavy (non-hydrogen) atoms. The topological polar surface area (TPSA) is 92.2 Å². The van der Waals surface area contributed by atoms with Gasteiger partial charge in [-0.3, -0.25) is 0 Å². The Balaban J connectivity index is -0.00000000821. The zero-order valence-corrected chi connectivity index (χ0v) is 9.45. The second kappa shape index (κ2) is 117. The molecule has 0 fully saturated rings. The Labute approximate surface area is 143 Å². The predicted octanol–water partition coefficient (Wildman–Crippen LogP) is -16.6. The van der Waals surface area contributed by atoms with E-state index in [0.29, 0.717) is 0 Å². The summed E-state index contributed by atoms with van der Waals surface area (Å²) in [5, 5.41) is 32.6. The summed E-state index contributed by atoms with van der Waals surface area (Å²) in [6.07, 6.45) is 0. The van der Waals surface area contributed by atoms with Gasteiger partial charge < -0.3 is 37.4 Å². The number of halogens is 4. The standard InChI is InChI=1S/4BFO.4Li/c4*2-1-3;;;;/q4*-1;4*+1. The summed E-state index contributed by atoms with van der Waals surface area (Å²) < 4.78 is 38.4. The molecule has 68 valence electrons. The fourth-order valence-corrected chi connectivity index (χ4v) is 0. The smallest absolute Gasteiger partial charge is 0.857 e. The third kappa shape index (κ3) is 768. The fourth-order valence-electron chi connectivity index (χ4n) is 0. The Hall–Kier alpha value is 2.21. The first-order valence-electron chi connectivity index (χ1n) is 1.82. The maximum Gasteiger partial charge on any atom is 1.00 e. The molecule has 0 heterocycles. The SMILES string of the molecule is [Li+].[Li+].[Li+].[Li+].[O-][B]F.[O-][B]F.[O-][B]F.[O-][B]F. The van der Waals surface area contributed by atoms with Crippen LogP contribution >= 0.6 is 0 Å². The molecule has 0 aliphatic rings. The molecule has 0 spiro atoms. The molecule has 0 bridgehead atoms. The van der Waals surface area contributed by atoms with E-state index in [0.717, 1.165) is 0 Å². The van der Waals surface area contributed by atoms with Gasteiger partial charge in [0.2, 0.25) is 31.0 Å². The normalized spacial score (nSPS) is 3.50. The van der Waals surface area contributed by atoms with Crippen LogP contribution in [0.3, 0.4) is 0 Å². The van der Waals surface area contributed by atoms with Crippen molar-refractivity contribution in [3.8, 4) is 0 Å². The largest absolute Gasteiger partial charge is 1.00 e. The van der Waals surface area contributed by atoms with Gasteiger partial charge in [-0.05, 0) is 0 Å². The second-order valence-corrected chi connectivity index (χ2v) is 0.356. The van der Waals surface area contributed by atoms with Gasteiger partial charge in [-0.15, -0.1) is 0 Å². The van der Waals surface area contributed by atoms with E-state index < -0.39 is 31.0 Å². The van der Waals surface area contributed by atoms with Crippen LogP contribution in [-0.4, -0.2) is 31.0 Å². The molecule has 0 aromatic heterocycles. The molecule has 0 atom stereocenters. The molecule has 0 rings (SSSR count). The molecule has 0 aliphatic carbocycles. The van der Waals surface area contributed by atoms with Gasteiger partial charge in [-0.1, -0.05) is 0 Å².